The van der Waals surface area contributed by atoms with Gasteiger partial charge in [-0.2, -0.15) is 0 Å². The number of aryl methyl sites for hydroxylation is 1. The molecule has 3 N–H and O–H groups in total. The molecule has 0 aliphatic rings. The molecule has 1 heterocycles. The molecule has 0 spiro atoms. The van der Waals surface area contributed by atoms with Gasteiger partial charge in [0.1, 0.15) is 18.2 Å². The van der Waals surface area contributed by atoms with E-state index < -0.39 is 0 Å². The summed E-state index contributed by atoms with van der Waals surface area (Å²) in [4.78, 5) is 4.11. The molecule has 0 amide bonds. The Morgan fingerprint density at radius 2 is 2.21 bits per heavy atom. The van der Waals surface area contributed by atoms with Gasteiger partial charge in [-0.15, -0.1) is 0 Å². The lowest BCUT2D eigenvalue weighted by Gasteiger charge is -2.10. The molecule has 19 heavy (non-hydrogen) atoms. The first-order chi connectivity index (χ1) is 9.15. The fourth-order valence-corrected chi connectivity index (χ4v) is 1.81. The summed E-state index contributed by atoms with van der Waals surface area (Å²) in [6.07, 6.45) is 1.56. The Labute approximate surface area is 117 Å². The number of ether oxygens (including phenoxy) is 1. The Kier molecular flexibility index (Phi) is 4.47. The second-order valence-corrected chi connectivity index (χ2v) is 4.62. The zero-order valence-electron chi connectivity index (χ0n) is 10.7. The van der Waals surface area contributed by atoms with Gasteiger partial charge in [-0.1, -0.05) is 23.7 Å². The van der Waals surface area contributed by atoms with Crippen molar-refractivity contribution in [3.05, 3.63) is 47.1 Å². The molecule has 0 fully saturated rings. The highest BCUT2D eigenvalue weighted by atomic mass is 35.5. The van der Waals surface area contributed by atoms with Gasteiger partial charge in [0.15, 0.2) is 0 Å². The number of nitrogens with two attached hydrogens (primary N) is 1. The van der Waals surface area contributed by atoms with Gasteiger partial charge in [0, 0.05) is 6.20 Å². The number of anilines is 2. The van der Waals surface area contributed by atoms with Crippen molar-refractivity contribution in [1.29, 1.82) is 0 Å². The van der Waals surface area contributed by atoms with Gasteiger partial charge in [-0.25, -0.2) is 4.98 Å². The van der Waals surface area contributed by atoms with Crippen LogP contribution in [0.4, 0.5) is 11.5 Å². The van der Waals surface area contributed by atoms with Crippen LogP contribution in [-0.4, -0.2) is 18.1 Å². The maximum absolute atomic E-state index is 5.78. The van der Waals surface area contributed by atoms with Crippen LogP contribution in [0.25, 0.3) is 0 Å². The Balaban J connectivity index is 1.81. The summed E-state index contributed by atoms with van der Waals surface area (Å²) in [6.45, 7) is 3.18. The van der Waals surface area contributed by atoms with Gasteiger partial charge in [-0.05, 0) is 30.7 Å². The maximum Gasteiger partial charge on any atom is 0.149 e. The lowest BCUT2D eigenvalue weighted by atomic mass is 10.2. The monoisotopic (exact) mass is 277 g/mol. The maximum atomic E-state index is 5.78. The third-order valence-electron chi connectivity index (χ3n) is 2.54. The Bertz CT molecular complexity index is 560. The molecule has 4 nitrogen and oxygen atoms in total. The first-order valence-corrected chi connectivity index (χ1v) is 6.37. The van der Waals surface area contributed by atoms with Crippen molar-refractivity contribution in [2.24, 2.45) is 0 Å². The molecule has 0 saturated carbocycles. The van der Waals surface area contributed by atoms with Crippen molar-refractivity contribution in [3.8, 4) is 5.75 Å². The quantitative estimate of drug-likeness (QED) is 0.825. The molecule has 0 atom stereocenters. The van der Waals surface area contributed by atoms with Crippen molar-refractivity contribution in [2.75, 3.05) is 24.2 Å². The number of hydrogen-bond acceptors (Lipinski definition) is 4. The zero-order valence-corrected chi connectivity index (χ0v) is 11.4. The molecule has 100 valence electrons. The summed E-state index contributed by atoms with van der Waals surface area (Å²) < 4.78 is 5.61. The van der Waals surface area contributed by atoms with Crippen LogP contribution in [0, 0.1) is 6.92 Å². The van der Waals surface area contributed by atoms with E-state index in [2.05, 4.69) is 10.3 Å². The van der Waals surface area contributed by atoms with Crippen LogP contribution < -0.4 is 15.8 Å². The van der Waals surface area contributed by atoms with E-state index >= 15 is 0 Å². The number of aromatic nitrogens is 1. The minimum absolute atomic E-state index is 0.527. The number of nitrogen functional groups attached to an aromatic ring is 1. The number of nitrogens with zero attached hydrogens (tertiary/aromatic N) is 1. The minimum Gasteiger partial charge on any atom is -0.492 e. The topological polar surface area (TPSA) is 60.2 Å². The molecule has 0 aliphatic heterocycles. The van der Waals surface area contributed by atoms with Gasteiger partial charge in [-0.3, -0.25) is 0 Å². The van der Waals surface area contributed by atoms with Crippen molar-refractivity contribution >= 4 is 23.1 Å². The fourth-order valence-electron chi connectivity index (χ4n) is 1.65. The molecule has 0 aliphatic carbocycles. The summed E-state index contributed by atoms with van der Waals surface area (Å²) in [5.74, 6) is 1.48. The van der Waals surface area contributed by atoms with Crippen LogP contribution in [0.3, 0.4) is 0 Å². The molecule has 0 saturated heterocycles. The van der Waals surface area contributed by atoms with E-state index in [1.807, 2.05) is 31.2 Å². The van der Waals surface area contributed by atoms with Crippen LogP contribution in [0.5, 0.6) is 5.75 Å². The molecule has 1 aromatic carbocycles. The third-order valence-corrected chi connectivity index (χ3v) is 2.74. The van der Waals surface area contributed by atoms with E-state index in [9.17, 15) is 0 Å². The van der Waals surface area contributed by atoms with E-state index in [1.54, 1.807) is 12.3 Å². The summed E-state index contributed by atoms with van der Waals surface area (Å²) in [7, 11) is 0. The fraction of sp³-hybridized carbons (Fsp3) is 0.214. The zero-order chi connectivity index (χ0) is 13.7. The van der Waals surface area contributed by atoms with E-state index in [0.717, 1.165) is 5.75 Å². The van der Waals surface area contributed by atoms with Crippen LogP contribution in [0.2, 0.25) is 5.02 Å². The van der Waals surface area contributed by atoms with E-state index in [0.29, 0.717) is 29.7 Å². The molecular weight excluding hydrogens is 262 g/mol. The number of hydrogen-bond donors (Lipinski definition) is 2. The second kappa shape index (κ2) is 6.29. The van der Waals surface area contributed by atoms with Crippen LogP contribution >= 0.6 is 11.6 Å². The Morgan fingerprint density at radius 3 is 2.95 bits per heavy atom. The van der Waals surface area contributed by atoms with Gasteiger partial charge in [0.25, 0.3) is 0 Å². The number of nitrogens with one attached hydrogen (secondary N) is 1. The summed E-state index contributed by atoms with van der Waals surface area (Å²) in [6, 6.07) is 9.59. The SMILES string of the molecule is Cc1cccc(OCCNc2ncc(Cl)cc2N)c1. The highest BCUT2D eigenvalue weighted by Gasteiger charge is 2.01. The van der Waals surface area contributed by atoms with Crippen LogP contribution in [0.15, 0.2) is 36.5 Å². The number of rotatable bonds is 5. The van der Waals surface area contributed by atoms with Crippen molar-refractivity contribution in [3.63, 3.8) is 0 Å². The van der Waals surface area contributed by atoms with Gasteiger partial charge in [0.2, 0.25) is 0 Å². The predicted octanol–water partition coefficient (Wildman–Crippen LogP) is 3.12. The van der Waals surface area contributed by atoms with E-state index in [4.69, 9.17) is 22.1 Å². The number of halogens is 1. The number of pyridine rings is 1. The predicted molar refractivity (Wildman–Crippen MR) is 78.8 cm³/mol. The van der Waals surface area contributed by atoms with E-state index in [1.165, 1.54) is 5.56 Å². The van der Waals surface area contributed by atoms with Gasteiger partial charge in [0.05, 0.1) is 17.3 Å². The molecule has 0 bridgehead atoms. The minimum atomic E-state index is 0.527. The van der Waals surface area contributed by atoms with Crippen molar-refractivity contribution in [2.45, 2.75) is 6.92 Å². The molecular formula is C14H16ClN3O. The molecule has 0 radical (unpaired) electrons. The second-order valence-electron chi connectivity index (χ2n) is 4.18. The smallest absolute Gasteiger partial charge is 0.149 e. The normalized spacial score (nSPS) is 10.2. The number of benzene rings is 1. The largest absolute Gasteiger partial charge is 0.492 e. The summed E-state index contributed by atoms with van der Waals surface area (Å²) >= 11 is 5.78. The Morgan fingerprint density at radius 1 is 1.37 bits per heavy atom. The highest BCUT2D eigenvalue weighted by molar-refractivity contribution is 6.30. The van der Waals surface area contributed by atoms with Gasteiger partial charge >= 0.3 is 0 Å². The molecule has 5 heteroatoms. The first kappa shape index (κ1) is 13.5. The Hall–Kier alpha value is -1.94. The highest BCUT2D eigenvalue weighted by Crippen LogP contribution is 2.19. The summed E-state index contributed by atoms with van der Waals surface area (Å²) in [5, 5.41) is 3.63. The first-order valence-electron chi connectivity index (χ1n) is 5.99. The van der Waals surface area contributed by atoms with E-state index in [-0.39, 0.29) is 0 Å². The standard InChI is InChI=1S/C14H16ClN3O/c1-10-3-2-4-12(7-10)19-6-5-17-14-13(16)8-11(15)9-18-14/h2-4,7-9H,5-6,16H2,1H3,(H,17,18). The van der Waals surface area contributed by atoms with Crippen LogP contribution in [-0.2, 0) is 0 Å². The summed E-state index contributed by atoms with van der Waals surface area (Å²) in [5.41, 5.74) is 7.49. The van der Waals surface area contributed by atoms with Crippen molar-refractivity contribution in [1.82, 2.24) is 4.98 Å². The van der Waals surface area contributed by atoms with Gasteiger partial charge < -0.3 is 15.8 Å². The molecule has 2 aromatic rings. The average molecular weight is 278 g/mol. The third kappa shape index (κ3) is 4.03. The molecule has 1 aromatic heterocycles. The average Bonchev–Trinajstić information content (AvgIpc) is 2.37. The lowest BCUT2D eigenvalue weighted by Crippen LogP contribution is -2.13. The lowest BCUT2D eigenvalue weighted by molar-refractivity contribution is 0.332. The van der Waals surface area contributed by atoms with Crippen LogP contribution in [0.1, 0.15) is 5.56 Å². The molecule has 2 rings (SSSR count). The molecule has 0 unspecified atom stereocenters. The van der Waals surface area contributed by atoms with Crippen molar-refractivity contribution < 1.29 is 4.74 Å².